The second kappa shape index (κ2) is 8.72. The minimum absolute atomic E-state index is 0.211. The lowest BCUT2D eigenvalue weighted by Gasteiger charge is -2.17. The SMILES string of the molecule is Cc1cc(=O)oc2cc3c(cc12)nc(Nc1ccc(Cl)c(Cl)c1)n3CCCN1CCCC1=O. The molecular weight excluding hydrogens is 463 g/mol. The summed E-state index contributed by atoms with van der Waals surface area (Å²) >= 11 is 12.3. The smallest absolute Gasteiger partial charge is 0.336 e. The molecule has 1 fully saturated rings. The van der Waals surface area contributed by atoms with E-state index in [9.17, 15) is 9.59 Å². The van der Waals surface area contributed by atoms with Crippen LogP contribution in [-0.4, -0.2) is 33.4 Å². The molecule has 0 aliphatic carbocycles. The first kappa shape index (κ1) is 21.8. The number of aromatic nitrogens is 2. The van der Waals surface area contributed by atoms with Crippen LogP contribution in [0.1, 0.15) is 24.8 Å². The average molecular weight is 485 g/mol. The van der Waals surface area contributed by atoms with Crippen molar-refractivity contribution in [2.24, 2.45) is 0 Å². The number of rotatable bonds is 6. The predicted octanol–water partition coefficient (Wildman–Crippen LogP) is 5.51. The quantitative estimate of drug-likeness (QED) is 0.364. The number of halogens is 2. The van der Waals surface area contributed by atoms with Gasteiger partial charge in [0.05, 0.1) is 21.1 Å². The molecule has 5 rings (SSSR count). The number of nitrogens with one attached hydrogen (secondary N) is 1. The number of likely N-dealkylation sites (tertiary alicyclic amines) is 1. The van der Waals surface area contributed by atoms with Crippen LogP contribution in [0.25, 0.3) is 22.0 Å². The number of amides is 1. The third-order valence-electron chi connectivity index (χ3n) is 5.98. The molecule has 0 radical (unpaired) electrons. The van der Waals surface area contributed by atoms with Crippen LogP contribution in [0.15, 0.2) is 45.6 Å². The molecule has 0 saturated carbocycles. The Kier molecular flexibility index (Phi) is 5.76. The molecule has 2 aromatic carbocycles. The van der Waals surface area contributed by atoms with Gasteiger partial charge in [-0.1, -0.05) is 23.2 Å². The second-order valence-electron chi connectivity index (χ2n) is 8.26. The summed E-state index contributed by atoms with van der Waals surface area (Å²) in [6, 6.07) is 10.6. The van der Waals surface area contributed by atoms with Crippen molar-refractivity contribution in [1.82, 2.24) is 14.5 Å². The molecule has 1 amide bonds. The first-order valence-electron chi connectivity index (χ1n) is 10.8. The standard InChI is InChI=1S/C24H22Cl2N4O3/c1-14-10-23(32)33-21-13-20-19(12-16(14)21)28-24(27-15-5-6-17(25)18(26)11-15)30(20)9-3-8-29-7-2-4-22(29)31/h5-6,10-13H,2-4,7-9H2,1H3,(H,27,28). The summed E-state index contributed by atoms with van der Waals surface area (Å²) in [6.45, 7) is 4.01. The molecule has 4 aromatic rings. The number of carbonyl (C=O) groups excluding carboxylic acids is 1. The van der Waals surface area contributed by atoms with Crippen molar-refractivity contribution < 1.29 is 9.21 Å². The van der Waals surface area contributed by atoms with Gasteiger partial charge in [0.25, 0.3) is 0 Å². The van der Waals surface area contributed by atoms with Crippen LogP contribution in [0.5, 0.6) is 0 Å². The van der Waals surface area contributed by atoms with E-state index >= 15 is 0 Å². The van der Waals surface area contributed by atoms with Crippen molar-refractivity contribution in [2.45, 2.75) is 32.7 Å². The van der Waals surface area contributed by atoms with Gasteiger partial charge in [0.2, 0.25) is 11.9 Å². The van der Waals surface area contributed by atoms with E-state index in [1.807, 2.05) is 34.6 Å². The van der Waals surface area contributed by atoms with Crippen molar-refractivity contribution >= 4 is 62.7 Å². The number of imidazole rings is 1. The number of benzene rings is 2. The fraction of sp³-hybridized carbons (Fsp3) is 0.292. The van der Waals surface area contributed by atoms with Crippen LogP contribution in [-0.2, 0) is 11.3 Å². The van der Waals surface area contributed by atoms with Crippen LogP contribution >= 0.6 is 23.2 Å². The van der Waals surface area contributed by atoms with Gasteiger partial charge in [-0.3, -0.25) is 4.79 Å². The zero-order valence-corrected chi connectivity index (χ0v) is 19.5. The van der Waals surface area contributed by atoms with Crippen LogP contribution < -0.4 is 10.9 Å². The summed E-state index contributed by atoms with van der Waals surface area (Å²) < 4.78 is 7.50. The third-order valence-corrected chi connectivity index (χ3v) is 6.72. The first-order valence-corrected chi connectivity index (χ1v) is 11.6. The Labute approximate surface area is 199 Å². The summed E-state index contributed by atoms with van der Waals surface area (Å²) in [7, 11) is 0. The number of aryl methyl sites for hydroxylation is 2. The van der Waals surface area contributed by atoms with Gasteiger partial charge < -0.3 is 19.2 Å². The van der Waals surface area contributed by atoms with Crippen LogP contribution in [0.3, 0.4) is 0 Å². The maximum atomic E-state index is 12.0. The van der Waals surface area contributed by atoms with Gasteiger partial charge in [0.15, 0.2) is 0 Å². The van der Waals surface area contributed by atoms with Crippen LogP contribution in [0.4, 0.5) is 11.6 Å². The number of hydrogen-bond donors (Lipinski definition) is 1. The molecule has 2 aromatic heterocycles. The fourth-order valence-electron chi connectivity index (χ4n) is 4.32. The molecule has 170 valence electrons. The van der Waals surface area contributed by atoms with Gasteiger partial charge in [-0.15, -0.1) is 0 Å². The van der Waals surface area contributed by atoms with Gasteiger partial charge in [0.1, 0.15) is 5.58 Å². The normalized spacial score (nSPS) is 14.0. The predicted molar refractivity (Wildman–Crippen MR) is 131 cm³/mol. The maximum absolute atomic E-state index is 12.0. The third kappa shape index (κ3) is 4.30. The zero-order chi connectivity index (χ0) is 23.1. The van der Waals surface area contributed by atoms with Gasteiger partial charge in [-0.2, -0.15) is 0 Å². The van der Waals surface area contributed by atoms with Crippen molar-refractivity contribution in [3.63, 3.8) is 0 Å². The molecule has 3 heterocycles. The highest BCUT2D eigenvalue weighted by molar-refractivity contribution is 6.42. The fourth-order valence-corrected chi connectivity index (χ4v) is 4.62. The Hall–Kier alpha value is -3.03. The molecule has 1 N–H and O–H groups in total. The Morgan fingerprint density at radius 3 is 2.70 bits per heavy atom. The van der Waals surface area contributed by atoms with Crippen molar-refractivity contribution in [3.05, 3.63) is 62.4 Å². The summed E-state index contributed by atoms with van der Waals surface area (Å²) in [6.07, 6.45) is 2.31. The Morgan fingerprint density at radius 2 is 1.94 bits per heavy atom. The van der Waals surface area contributed by atoms with E-state index in [4.69, 9.17) is 32.6 Å². The summed E-state index contributed by atoms with van der Waals surface area (Å²) in [5, 5.41) is 5.10. The minimum Gasteiger partial charge on any atom is -0.423 e. The highest BCUT2D eigenvalue weighted by Gasteiger charge is 2.20. The molecule has 0 atom stereocenters. The van der Waals surface area contributed by atoms with Crippen LogP contribution in [0.2, 0.25) is 10.0 Å². The molecule has 0 unspecified atom stereocenters. The van der Waals surface area contributed by atoms with Crippen molar-refractivity contribution in [1.29, 1.82) is 0 Å². The molecular formula is C24H22Cl2N4O3. The lowest BCUT2D eigenvalue weighted by atomic mass is 10.1. The monoisotopic (exact) mass is 484 g/mol. The lowest BCUT2D eigenvalue weighted by molar-refractivity contribution is -0.127. The summed E-state index contributed by atoms with van der Waals surface area (Å²) in [5.41, 5.74) is 3.34. The van der Waals surface area contributed by atoms with E-state index in [1.54, 1.807) is 12.1 Å². The molecule has 0 bridgehead atoms. The van der Waals surface area contributed by atoms with Gasteiger partial charge in [0, 0.05) is 49.3 Å². The number of carbonyl (C=O) groups is 1. The molecule has 0 spiro atoms. The van der Waals surface area contributed by atoms with Crippen molar-refractivity contribution in [2.75, 3.05) is 18.4 Å². The average Bonchev–Trinajstić information content (AvgIpc) is 3.32. The zero-order valence-electron chi connectivity index (χ0n) is 18.0. The van der Waals surface area contributed by atoms with E-state index in [0.717, 1.165) is 47.1 Å². The Bertz CT molecular complexity index is 1440. The number of hydrogen-bond acceptors (Lipinski definition) is 5. The molecule has 7 nitrogen and oxygen atoms in total. The number of anilines is 2. The van der Waals surface area contributed by atoms with Crippen molar-refractivity contribution in [3.8, 4) is 0 Å². The van der Waals surface area contributed by atoms with Crippen LogP contribution in [0, 0.1) is 6.92 Å². The number of fused-ring (bicyclic) bond motifs is 2. The van der Waals surface area contributed by atoms with E-state index in [0.29, 0.717) is 41.1 Å². The Balaban J connectivity index is 1.55. The molecule has 1 saturated heterocycles. The summed E-state index contributed by atoms with van der Waals surface area (Å²) in [5.74, 6) is 0.842. The lowest BCUT2D eigenvalue weighted by Crippen LogP contribution is -2.26. The summed E-state index contributed by atoms with van der Waals surface area (Å²) in [4.78, 5) is 30.6. The van der Waals surface area contributed by atoms with Gasteiger partial charge in [-0.25, -0.2) is 9.78 Å². The molecule has 9 heteroatoms. The maximum Gasteiger partial charge on any atom is 0.336 e. The highest BCUT2D eigenvalue weighted by Crippen LogP contribution is 2.31. The largest absolute Gasteiger partial charge is 0.423 e. The highest BCUT2D eigenvalue weighted by atomic mass is 35.5. The topological polar surface area (TPSA) is 80.4 Å². The molecule has 1 aliphatic heterocycles. The van der Waals surface area contributed by atoms with Gasteiger partial charge >= 0.3 is 5.63 Å². The second-order valence-corrected chi connectivity index (χ2v) is 9.08. The first-order chi connectivity index (χ1) is 15.9. The molecule has 1 aliphatic rings. The van der Waals surface area contributed by atoms with Gasteiger partial charge in [-0.05, 0) is 49.6 Å². The van der Waals surface area contributed by atoms with E-state index in [-0.39, 0.29) is 11.5 Å². The minimum atomic E-state index is -0.382. The van der Waals surface area contributed by atoms with E-state index < -0.39 is 0 Å². The molecule has 33 heavy (non-hydrogen) atoms. The Morgan fingerprint density at radius 1 is 1.09 bits per heavy atom. The number of nitrogens with zero attached hydrogens (tertiary/aromatic N) is 3. The van der Waals surface area contributed by atoms with E-state index in [2.05, 4.69) is 5.32 Å². The van der Waals surface area contributed by atoms with E-state index in [1.165, 1.54) is 6.07 Å².